The van der Waals surface area contributed by atoms with Crippen molar-refractivity contribution in [1.29, 1.82) is 0 Å². The lowest BCUT2D eigenvalue weighted by molar-refractivity contribution is 0.0556. The molecule has 3 fully saturated rings. The Bertz CT molecular complexity index is 1210. The summed E-state index contributed by atoms with van der Waals surface area (Å²) < 4.78 is 57.6. The SMILES string of the molecule is CC(C)(C)OC(=O)N(CC1CN(c2cc(F)c(N3CCC4(CC3)CS(=O)C4)c(F)c2)C(=O)O1)c1ccon1. The monoisotopic (exact) mass is 552 g/mol. The van der Waals surface area contributed by atoms with Crippen molar-refractivity contribution in [3.63, 3.8) is 0 Å². The van der Waals surface area contributed by atoms with Crippen molar-refractivity contribution in [2.45, 2.75) is 45.3 Å². The standard InChI is InChI=1S/C25H30F2N4O6S/c1-24(2,3)37-23(33)31(20-4-9-35-28-20)13-17-12-30(22(32)36-17)16-10-18(26)21(19(27)11-16)29-7-5-25(6-8-29)14-38(34)15-25/h4,9-11,17H,5-8,12-15H2,1-3H3. The van der Waals surface area contributed by atoms with E-state index < -0.39 is 46.3 Å². The van der Waals surface area contributed by atoms with Gasteiger partial charge in [-0.1, -0.05) is 5.16 Å². The quantitative estimate of drug-likeness (QED) is 0.547. The van der Waals surface area contributed by atoms with Gasteiger partial charge in [-0.25, -0.2) is 18.4 Å². The smallest absolute Gasteiger partial charge is 0.416 e. The molecular formula is C25H30F2N4O6S. The molecule has 2 amide bonds. The predicted molar refractivity (Wildman–Crippen MR) is 136 cm³/mol. The number of cyclic esters (lactones) is 1. The summed E-state index contributed by atoms with van der Waals surface area (Å²) in [6.07, 6.45) is 0.451. The Balaban J connectivity index is 1.28. The van der Waals surface area contributed by atoms with E-state index in [9.17, 15) is 13.8 Å². The molecule has 1 aromatic heterocycles. The van der Waals surface area contributed by atoms with E-state index in [1.165, 1.54) is 17.2 Å². The summed E-state index contributed by atoms with van der Waals surface area (Å²) in [7, 11) is -0.778. The second kappa shape index (κ2) is 9.83. The number of carbonyl (C=O) groups is 2. The van der Waals surface area contributed by atoms with Crippen molar-refractivity contribution >= 4 is 40.2 Å². The Morgan fingerprint density at radius 1 is 1.24 bits per heavy atom. The minimum absolute atomic E-state index is 0.0179. The van der Waals surface area contributed by atoms with Crippen molar-refractivity contribution < 1.29 is 36.6 Å². The normalized spacial score (nSPS) is 21.4. The molecule has 1 unspecified atom stereocenters. The van der Waals surface area contributed by atoms with E-state index in [1.54, 1.807) is 25.7 Å². The van der Waals surface area contributed by atoms with Crippen molar-refractivity contribution in [3.8, 4) is 0 Å². The molecule has 3 saturated heterocycles. The summed E-state index contributed by atoms with van der Waals surface area (Å²) in [6, 6.07) is 3.71. The van der Waals surface area contributed by atoms with Gasteiger partial charge in [-0.15, -0.1) is 0 Å². The highest BCUT2D eigenvalue weighted by molar-refractivity contribution is 7.86. The van der Waals surface area contributed by atoms with Crippen LogP contribution in [-0.2, 0) is 20.3 Å². The molecule has 10 nitrogen and oxygen atoms in total. The van der Waals surface area contributed by atoms with E-state index in [1.807, 2.05) is 0 Å². The zero-order chi connectivity index (χ0) is 27.2. The van der Waals surface area contributed by atoms with E-state index in [4.69, 9.17) is 14.0 Å². The second-order valence-corrected chi connectivity index (χ2v) is 12.5. The molecule has 3 aliphatic rings. The lowest BCUT2D eigenvalue weighted by Gasteiger charge is -2.47. The molecule has 0 saturated carbocycles. The molecule has 0 N–H and O–H groups in total. The molecule has 38 heavy (non-hydrogen) atoms. The van der Waals surface area contributed by atoms with Crippen molar-refractivity contribution in [1.82, 2.24) is 5.16 Å². The molecule has 3 aliphatic heterocycles. The van der Waals surface area contributed by atoms with E-state index in [2.05, 4.69) is 5.16 Å². The first-order valence-electron chi connectivity index (χ1n) is 12.4. The van der Waals surface area contributed by atoms with Crippen LogP contribution in [0.5, 0.6) is 0 Å². The first-order chi connectivity index (χ1) is 17.9. The largest absolute Gasteiger partial charge is 0.443 e. The van der Waals surface area contributed by atoms with Gasteiger partial charge in [0, 0.05) is 53.6 Å². The van der Waals surface area contributed by atoms with Gasteiger partial charge in [0.25, 0.3) is 0 Å². The number of ether oxygens (including phenoxy) is 2. The molecule has 5 rings (SSSR count). The number of rotatable bonds is 5. The van der Waals surface area contributed by atoms with Crippen LogP contribution in [0, 0.1) is 17.0 Å². The number of amides is 2. The van der Waals surface area contributed by atoms with Gasteiger partial charge >= 0.3 is 12.2 Å². The summed E-state index contributed by atoms with van der Waals surface area (Å²) in [6.45, 7) is 5.94. The average Bonchev–Trinajstić information content (AvgIpc) is 3.46. The van der Waals surface area contributed by atoms with Gasteiger partial charge in [0.1, 0.15) is 23.7 Å². The maximum Gasteiger partial charge on any atom is 0.416 e. The van der Waals surface area contributed by atoms with Gasteiger partial charge in [-0.05, 0) is 39.0 Å². The van der Waals surface area contributed by atoms with E-state index in [0.717, 1.165) is 29.9 Å². The maximum absolute atomic E-state index is 15.2. The molecule has 13 heteroatoms. The molecule has 4 heterocycles. The number of halogens is 2. The molecule has 1 aromatic carbocycles. The van der Waals surface area contributed by atoms with Crippen LogP contribution in [0.15, 0.2) is 29.0 Å². The number of carbonyl (C=O) groups excluding carboxylic acids is 2. The van der Waals surface area contributed by atoms with Gasteiger partial charge in [-0.2, -0.15) is 0 Å². The molecule has 2 aromatic rings. The third-order valence-corrected chi connectivity index (χ3v) is 8.83. The Kier molecular flexibility index (Phi) is 6.82. The van der Waals surface area contributed by atoms with Crippen LogP contribution in [0.1, 0.15) is 33.6 Å². The maximum atomic E-state index is 15.2. The highest BCUT2D eigenvalue weighted by Crippen LogP contribution is 2.42. The van der Waals surface area contributed by atoms with Gasteiger partial charge < -0.3 is 18.9 Å². The zero-order valence-electron chi connectivity index (χ0n) is 21.4. The zero-order valence-corrected chi connectivity index (χ0v) is 22.3. The summed E-state index contributed by atoms with van der Waals surface area (Å²) in [4.78, 5) is 29.4. The summed E-state index contributed by atoms with van der Waals surface area (Å²) in [5, 5.41) is 3.78. The first kappa shape index (κ1) is 26.4. The van der Waals surface area contributed by atoms with Crippen LogP contribution in [0.3, 0.4) is 0 Å². The fourth-order valence-electron chi connectivity index (χ4n) is 5.10. The van der Waals surface area contributed by atoms with Gasteiger partial charge in [0.15, 0.2) is 17.5 Å². The highest BCUT2D eigenvalue weighted by Gasteiger charge is 2.45. The minimum atomic E-state index is -0.816. The van der Waals surface area contributed by atoms with E-state index in [0.29, 0.717) is 24.6 Å². The molecule has 0 aliphatic carbocycles. The fourth-order valence-corrected chi connectivity index (χ4v) is 6.96. The van der Waals surface area contributed by atoms with Gasteiger partial charge in [0.05, 0.1) is 18.8 Å². The van der Waals surface area contributed by atoms with Crippen LogP contribution in [0.2, 0.25) is 0 Å². The van der Waals surface area contributed by atoms with Crippen molar-refractivity contribution in [2.24, 2.45) is 5.41 Å². The van der Waals surface area contributed by atoms with E-state index >= 15 is 8.78 Å². The third-order valence-electron chi connectivity index (χ3n) is 6.96. The molecule has 0 bridgehead atoms. The molecular weight excluding hydrogens is 522 g/mol. The summed E-state index contributed by atoms with van der Waals surface area (Å²) in [5.41, 5.74) is -0.860. The molecule has 0 radical (unpaired) electrons. The van der Waals surface area contributed by atoms with Crippen LogP contribution in [0.25, 0.3) is 0 Å². The number of anilines is 3. The Labute approximate surface area is 221 Å². The van der Waals surface area contributed by atoms with Crippen molar-refractivity contribution in [3.05, 3.63) is 36.1 Å². The predicted octanol–water partition coefficient (Wildman–Crippen LogP) is 4.07. The Morgan fingerprint density at radius 3 is 2.45 bits per heavy atom. The summed E-state index contributed by atoms with van der Waals surface area (Å²) >= 11 is 0. The minimum Gasteiger partial charge on any atom is -0.443 e. The first-order valence-corrected chi connectivity index (χ1v) is 13.9. The van der Waals surface area contributed by atoms with Gasteiger partial charge in [0.2, 0.25) is 0 Å². The third kappa shape index (κ3) is 5.33. The van der Waals surface area contributed by atoms with Crippen LogP contribution in [0.4, 0.5) is 35.6 Å². The summed E-state index contributed by atoms with van der Waals surface area (Å²) in [5.74, 6) is -0.0629. The molecule has 206 valence electrons. The molecule has 1 spiro atoms. The average molecular weight is 553 g/mol. The number of nitrogens with zero attached hydrogens (tertiary/aromatic N) is 4. The fraction of sp³-hybridized carbons (Fsp3) is 0.560. The van der Waals surface area contributed by atoms with E-state index in [-0.39, 0.29) is 35.7 Å². The van der Waals surface area contributed by atoms with Crippen LogP contribution in [-0.4, -0.2) is 70.9 Å². The van der Waals surface area contributed by atoms with Crippen LogP contribution < -0.4 is 14.7 Å². The van der Waals surface area contributed by atoms with Gasteiger partial charge in [-0.3, -0.25) is 14.0 Å². The lowest BCUT2D eigenvalue weighted by atomic mass is 9.81. The Hall–Kier alpha value is -3.22. The number of hydrogen-bond acceptors (Lipinski definition) is 8. The Morgan fingerprint density at radius 2 is 1.89 bits per heavy atom. The highest BCUT2D eigenvalue weighted by atomic mass is 32.2. The lowest BCUT2D eigenvalue weighted by Crippen LogP contribution is -2.52. The van der Waals surface area contributed by atoms with Crippen molar-refractivity contribution in [2.75, 3.05) is 52.4 Å². The second-order valence-electron chi connectivity index (χ2n) is 11.0. The number of benzene rings is 1. The number of piperidine rings is 1. The topological polar surface area (TPSA) is 105 Å². The number of aromatic nitrogens is 1. The molecule has 1 atom stereocenters. The van der Waals surface area contributed by atoms with Crippen LogP contribution >= 0.6 is 0 Å². The number of hydrogen-bond donors (Lipinski definition) is 0.